The van der Waals surface area contributed by atoms with E-state index < -0.39 is 53.8 Å². The first kappa shape index (κ1) is 33.8. The topological polar surface area (TPSA) is 258 Å². The largest absolute Gasteiger partial charge is 0.480 e. The fourth-order valence-corrected chi connectivity index (χ4v) is 3.80. The Kier molecular flexibility index (Phi) is 14.7. The predicted molar refractivity (Wildman–Crippen MR) is 149 cm³/mol. The van der Waals surface area contributed by atoms with Crippen LogP contribution in [0.15, 0.2) is 35.3 Å². The molecule has 0 aliphatic rings. The number of carboxylic acid groups (broad SMARTS) is 1. The second kappa shape index (κ2) is 17.4. The van der Waals surface area contributed by atoms with Gasteiger partial charge in [0.25, 0.3) is 0 Å². The van der Waals surface area contributed by atoms with E-state index >= 15 is 0 Å². The molecular formula is C26H42N8O6. The lowest BCUT2D eigenvalue weighted by molar-refractivity contribution is -0.142. The molecule has 0 aromatic heterocycles. The molecule has 4 amide bonds. The minimum absolute atomic E-state index is 0.0524. The average Bonchev–Trinajstić information content (AvgIpc) is 2.87. The van der Waals surface area contributed by atoms with E-state index in [1.165, 1.54) is 0 Å². The van der Waals surface area contributed by atoms with Gasteiger partial charge in [-0.15, -0.1) is 0 Å². The zero-order valence-corrected chi connectivity index (χ0v) is 23.0. The van der Waals surface area contributed by atoms with E-state index in [2.05, 4.69) is 20.9 Å². The minimum atomic E-state index is -1.26. The first-order valence-corrected chi connectivity index (χ1v) is 13.1. The summed E-state index contributed by atoms with van der Waals surface area (Å²) >= 11 is 0. The average molecular weight is 563 g/mol. The number of aliphatic imine (C=N–C) groups is 1. The van der Waals surface area contributed by atoms with Gasteiger partial charge in [0.15, 0.2) is 5.96 Å². The first-order valence-electron chi connectivity index (χ1n) is 13.1. The van der Waals surface area contributed by atoms with Crippen LogP contribution in [-0.2, 0) is 30.4 Å². The third-order valence-electron chi connectivity index (χ3n) is 5.85. The predicted octanol–water partition coefficient (Wildman–Crippen LogP) is -1.54. The van der Waals surface area contributed by atoms with Crippen LogP contribution in [0.4, 0.5) is 0 Å². The van der Waals surface area contributed by atoms with Crippen molar-refractivity contribution < 1.29 is 29.1 Å². The molecule has 0 fully saturated rings. The SMILES string of the molecule is CC(C)CC(NC(=O)C(CCC(N)=O)NC(=O)C(N)Cc1ccccc1)C(=O)NC(CCCN=C(N)N)C(=O)O. The molecule has 1 rings (SSSR count). The lowest BCUT2D eigenvalue weighted by Crippen LogP contribution is -2.57. The summed E-state index contributed by atoms with van der Waals surface area (Å²) in [5.74, 6) is -4.19. The number of primary amides is 1. The highest BCUT2D eigenvalue weighted by Crippen LogP contribution is 2.09. The highest BCUT2D eigenvalue weighted by Gasteiger charge is 2.31. The van der Waals surface area contributed by atoms with Crippen molar-refractivity contribution >= 4 is 35.6 Å². The molecule has 0 radical (unpaired) electrons. The van der Waals surface area contributed by atoms with Gasteiger partial charge >= 0.3 is 5.97 Å². The van der Waals surface area contributed by atoms with E-state index in [4.69, 9.17) is 22.9 Å². The number of benzene rings is 1. The smallest absolute Gasteiger partial charge is 0.326 e. The molecule has 0 aliphatic heterocycles. The van der Waals surface area contributed by atoms with Gasteiger partial charge in [0.1, 0.15) is 18.1 Å². The van der Waals surface area contributed by atoms with Gasteiger partial charge in [0.2, 0.25) is 23.6 Å². The molecule has 4 unspecified atom stereocenters. The summed E-state index contributed by atoms with van der Waals surface area (Å²) in [4.78, 5) is 66.0. The maximum absolute atomic E-state index is 13.2. The van der Waals surface area contributed by atoms with Crippen molar-refractivity contribution in [1.29, 1.82) is 0 Å². The molecule has 14 heteroatoms. The van der Waals surface area contributed by atoms with Crippen LogP contribution >= 0.6 is 0 Å². The van der Waals surface area contributed by atoms with E-state index in [9.17, 15) is 29.1 Å². The van der Waals surface area contributed by atoms with Gasteiger partial charge in [-0.3, -0.25) is 24.2 Å². The molecule has 1 aromatic rings. The summed E-state index contributed by atoms with van der Waals surface area (Å²) in [6, 6.07) is 4.52. The molecule has 0 saturated carbocycles. The molecule has 0 heterocycles. The minimum Gasteiger partial charge on any atom is -0.480 e. The fraction of sp³-hybridized carbons (Fsp3) is 0.538. The molecule has 0 saturated heterocycles. The summed E-state index contributed by atoms with van der Waals surface area (Å²) < 4.78 is 0. The molecule has 4 atom stereocenters. The van der Waals surface area contributed by atoms with Crippen LogP contribution in [0, 0.1) is 5.92 Å². The van der Waals surface area contributed by atoms with Crippen LogP contribution in [0.2, 0.25) is 0 Å². The van der Waals surface area contributed by atoms with Gasteiger partial charge in [-0.25, -0.2) is 4.79 Å². The summed E-state index contributed by atoms with van der Waals surface area (Å²) in [6.07, 6.45) is 0.419. The monoisotopic (exact) mass is 562 g/mol. The van der Waals surface area contributed by atoms with Crippen LogP contribution in [0.25, 0.3) is 0 Å². The number of hydrogen-bond acceptors (Lipinski definition) is 7. The number of nitrogens with zero attached hydrogens (tertiary/aromatic N) is 1. The number of carbonyl (C=O) groups excluding carboxylic acids is 4. The van der Waals surface area contributed by atoms with Gasteiger partial charge in [-0.1, -0.05) is 44.2 Å². The van der Waals surface area contributed by atoms with E-state index in [0.717, 1.165) is 5.56 Å². The maximum Gasteiger partial charge on any atom is 0.326 e. The Bertz CT molecular complexity index is 1030. The van der Waals surface area contributed by atoms with Crippen molar-refractivity contribution in [3.63, 3.8) is 0 Å². The second-order valence-electron chi connectivity index (χ2n) is 9.90. The van der Waals surface area contributed by atoms with Crippen LogP contribution in [0.3, 0.4) is 0 Å². The molecule has 1 aromatic carbocycles. The van der Waals surface area contributed by atoms with Crippen molar-refractivity contribution in [2.45, 2.75) is 76.5 Å². The van der Waals surface area contributed by atoms with E-state index in [1.54, 1.807) is 0 Å². The fourth-order valence-electron chi connectivity index (χ4n) is 3.80. The van der Waals surface area contributed by atoms with Crippen molar-refractivity contribution in [2.24, 2.45) is 33.8 Å². The van der Waals surface area contributed by atoms with Crippen LogP contribution in [-0.4, -0.2) is 71.4 Å². The lowest BCUT2D eigenvalue weighted by Gasteiger charge is -2.26. The Morgan fingerprint density at radius 2 is 1.43 bits per heavy atom. The molecular weight excluding hydrogens is 520 g/mol. The summed E-state index contributed by atoms with van der Waals surface area (Å²) in [6.45, 7) is 3.83. The molecule has 0 bridgehead atoms. The Morgan fingerprint density at radius 1 is 0.850 bits per heavy atom. The van der Waals surface area contributed by atoms with Gasteiger partial charge in [-0.2, -0.15) is 0 Å². The first-order chi connectivity index (χ1) is 18.8. The maximum atomic E-state index is 13.2. The van der Waals surface area contributed by atoms with Crippen LogP contribution in [0.5, 0.6) is 0 Å². The van der Waals surface area contributed by atoms with Gasteiger partial charge in [0.05, 0.1) is 6.04 Å². The quantitative estimate of drug-likeness (QED) is 0.0585. The Balaban J connectivity index is 2.97. The number of hydrogen-bond donors (Lipinski definition) is 8. The molecule has 222 valence electrons. The molecule has 12 N–H and O–H groups in total. The van der Waals surface area contributed by atoms with E-state index in [-0.39, 0.29) is 50.5 Å². The number of amides is 4. The normalized spacial score (nSPS) is 13.8. The number of carbonyl (C=O) groups is 5. The Morgan fingerprint density at radius 3 is 1.98 bits per heavy atom. The molecule has 14 nitrogen and oxygen atoms in total. The molecule has 0 spiro atoms. The van der Waals surface area contributed by atoms with Crippen molar-refractivity contribution in [2.75, 3.05) is 6.54 Å². The lowest BCUT2D eigenvalue weighted by atomic mass is 10.0. The highest BCUT2D eigenvalue weighted by molar-refractivity contribution is 5.94. The van der Waals surface area contributed by atoms with E-state index in [1.807, 2.05) is 44.2 Å². The van der Waals surface area contributed by atoms with Crippen molar-refractivity contribution in [3.8, 4) is 0 Å². The number of aliphatic carboxylic acids is 1. The second-order valence-corrected chi connectivity index (χ2v) is 9.90. The van der Waals surface area contributed by atoms with E-state index in [0.29, 0.717) is 6.42 Å². The third kappa shape index (κ3) is 13.6. The van der Waals surface area contributed by atoms with Crippen LogP contribution < -0.4 is 38.9 Å². The van der Waals surface area contributed by atoms with Gasteiger partial charge < -0.3 is 44.0 Å². The zero-order chi connectivity index (χ0) is 30.2. The summed E-state index contributed by atoms with van der Waals surface area (Å²) in [5, 5.41) is 17.1. The standard InChI is InChI=1S/C26H42N8O6/c1-15(2)13-20(24(38)33-19(25(39)40)9-6-12-31-26(29)30)34-23(37)18(10-11-21(28)35)32-22(36)17(27)14-16-7-4-3-5-8-16/h3-5,7-8,15,17-20H,6,9-14,27H2,1-2H3,(H2,28,35)(H,32,36)(H,33,38)(H,34,37)(H,39,40)(H4,29,30,31). The highest BCUT2D eigenvalue weighted by atomic mass is 16.4. The molecule has 40 heavy (non-hydrogen) atoms. The van der Waals surface area contributed by atoms with Crippen LogP contribution in [0.1, 0.15) is 51.5 Å². The van der Waals surface area contributed by atoms with Gasteiger partial charge in [-0.05, 0) is 43.6 Å². The number of nitrogens with two attached hydrogens (primary N) is 4. The Labute approximate surface area is 233 Å². The number of carboxylic acids is 1. The third-order valence-corrected chi connectivity index (χ3v) is 5.85. The van der Waals surface area contributed by atoms with Crippen molar-refractivity contribution in [3.05, 3.63) is 35.9 Å². The number of rotatable bonds is 18. The number of guanidine groups is 1. The molecule has 0 aliphatic carbocycles. The summed E-state index contributed by atoms with van der Waals surface area (Å²) in [7, 11) is 0. The number of nitrogens with one attached hydrogen (secondary N) is 3. The summed E-state index contributed by atoms with van der Waals surface area (Å²) in [5.41, 5.74) is 22.7. The Hall–Kier alpha value is -4.20. The van der Waals surface area contributed by atoms with Crippen molar-refractivity contribution in [1.82, 2.24) is 16.0 Å². The van der Waals surface area contributed by atoms with Gasteiger partial charge in [0, 0.05) is 13.0 Å². The zero-order valence-electron chi connectivity index (χ0n) is 23.0.